The third-order valence-electron chi connectivity index (χ3n) is 1.68. The number of thiophene rings is 1. The van der Waals surface area contributed by atoms with E-state index in [1.807, 2.05) is 6.07 Å². The van der Waals surface area contributed by atoms with Gasteiger partial charge in [0.2, 0.25) is 0 Å². The average Bonchev–Trinajstić information content (AvgIpc) is 2.30. The van der Waals surface area contributed by atoms with Crippen molar-refractivity contribution in [3.63, 3.8) is 0 Å². The van der Waals surface area contributed by atoms with Crippen molar-refractivity contribution < 1.29 is 0 Å². The number of aryl methyl sites for hydroxylation is 1. The van der Waals surface area contributed by atoms with Crippen LogP contribution in [0.25, 0.3) is 10.1 Å². The van der Waals surface area contributed by atoms with E-state index < -0.39 is 0 Å². The summed E-state index contributed by atoms with van der Waals surface area (Å²) >= 11 is 11.1. The van der Waals surface area contributed by atoms with Crippen molar-refractivity contribution in [2.75, 3.05) is 0 Å². The number of halogens is 2. The number of hydrogen-bond acceptors (Lipinski definition) is 1. The van der Waals surface area contributed by atoms with E-state index in [0.717, 1.165) is 9.50 Å². The van der Waals surface area contributed by atoms with Gasteiger partial charge in [0.25, 0.3) is 0 Å². The van der Waals surface area contributed by atoms with Crippen LogP contribution in [0.15, 0.2) is 22.7 Å². The summed E-state index contributed by atoms with van der Waals surface area (Å²) in [5.41, 5.74) is 0. The fraction of sp³-hybridized carbons (Fsp3) is 0.111. The normalized spacial score (nSPS) is 10.9. The Kier molecular flexibility index (Phi) is 2.15. The highest BCUT2D eigenvalue weighted by Crippen LogP contribution is 2.32. The maximum absolute atomic E-state index is 5.96. The lowest BCUT2D eigenvalue weighted by Gasteiger charge is -1.94. The number of hydrogen-bond donors (Lipinski definition) is 0. The lowest BCUT2D eigenvalue weighted by atomic mass is 10.2. The molecule has 0 unspecified atom stereocenters. The SMILES string of the molecule is Cc1cc2cc(Br)c(Cl)cc2s1. The molecule has 62 valence electrons. The second kappa shape index (κ2) is 3.02. The second-order valence-electron chi connectivity index (χ2n) is 2.66. The summed E-state index contributed by atoms with van der Waals surface area (Å²) in [6.45, 7) is 2.10. The smallest absolute Gasteiger partial charge is 0.0562 e. The minimum absolute atomic E-state index is 0.782. The lowest BCUT2D eigenvalue weighted by molar-refractivity contribution is 1.65. The van der Waals surface area contributed by atoms with E-state index in [-0.39, 0.29) is 0 Å². The van der Waals surface area contributed by atoms with E-state index in [1.54, 1.807) is 11.3 Å². The molecule has 0 atom stereocenters. The van der Waals surface area contributed by atoms with Gasteiger partial charge in [0.05, 0.1) is 5.02 Å². The molecule has 1 aromatic carbocycles. The van der Waals surface area contributed by atoms with Crippen molar-refractivity contribution in [2.24, 2.45) is 0 Å². The fourth-order valence-electron chi connectivity index (χ4n) is 1.17. The Hall–Kier alpha value is -0.0500. The van der Waals surface area contributed by atoms with Gasteiger partial charge >= 0.3 is 0 Å². The van der Waals surface area contributed by atoms with Crippen LogP contribution in [0.5, 0.6) is 0 Å². The molecule has 1 aromatic heterocycles. The predicted octanol–water partition coefficient (Wildman–Crippen LogP) is 4.63. The first-order chi connectivity index (χ1) is 5.66. The van der Waals surface area contributed by atoms with Crippen LogP contribution in [0.3, 0.4) is 0 Å². The van der Waals surface area contributed by atoms with Gasteiger partial charge in [-0.2, -0.15) is 0 Å². The minimum atomic E-state index is 0.782. The molecule has 0 aliphatic heterocycles. The average molecular weight is 262 g/mol. The van der Waals surface area contributed by atoms with Gasteiger partial charge in [-0.15, -0.1) is 11.3 Å². The van der Waals surface area contributed by atoms with Gasteiger partial charge in [0.15, 0.2) is 0 Å². The molecule has 0 nitrogen and oxygen atoms in total. The van der Waals surface area contributed by atoms with E-state index in [0.29, 0.717) is 0 Å². The summed E-state index contributed by atoms with van der Waals surface area (Å²) in [4.78, 5) is 1.32. The van der Waals surface area contributed by atoms with Gasteiger partial charge in [0.1, 0.15) is 0 Å². The van der Waals surface area contributed by atoms with Crippen LogP contribution in [0.4, 0.5) is 0 Å². The second-order valence-corrected chi connectivity index (χ2v) is 5.21. The minimum Gasteiger partial charge on any atom is -0.141 e. The number of benzene rings is 1. The molecule has 0 amide bonds. The van der Waals surface area contributed by atoms with E-state index in [9.17, 15) is 0 Å². The van der Waals surface area contributed by atoms with Crippen LogP contribution in [-0.2, 0) is 0 Å². The monoisotopic (exact) mass is 260 g/mol. The summed E-state index contributed by atoms with van der Waals surface area (Å²) < 4.78 is 2.22. The lowest BCUT2D eigenvalue weighted by Crippen LogP contribution is -1.67. The molecule has 0 radical (unpaired) electrons. The fourth-order valence-corrected chi connectivity index (χ4v) is 2.70. The zero-order chi connectivity index (χ0) is 8.72. The van der Waals surface area contributed by atoms with Crippen LogP contribution in [0, 0.1) is 6.92 Å². The van der Waals surface area contributed by atoms with Crippen molar-refractivity contribution in [3.05, 3.63) is 32.6 Å². The van der Waals surface area contributed by atoms with Gasteiger partial charge in [-0.3, -0.25) is 0 Å². The molecular formula is C9H6BrClS. The molecule has 0 saturated carbocycles. The molecule has 2 rings (SSSR count). The molecule has 12 heavy (non-hydrogen) atoms. The quantitative estimate of drug-likeness (QED) is 0.649. The molecule has 0 fully saturated rings. The van der Waals surface area contributed by atoms with Gasteiger partial charge in [-0.05, 0) is 46.4 Å². The van der Waals surface area contributed by atoms with E-state index >= 15 is 0 Å². The van der Waals surface area contributed by atoms with Gasteiger partial charge < -0.3 is 0 Å². The maximum atomic E-state index is 5.96. The zero-order valence-electron chi connectivity index (χ0n) is 6.40. The molecule has 0 bridgehead atoms. The van der Waals surface area contributed by atoms with Crippen molar-refractivity contribution in [1.82, 2.24) is 0 Å². The topological polar surface area (TPSA) is 0 Å². The predicted molar refractivity (Wildman–Crippen MR) is 59.3 cm³/mol. The molecule has 1 heterocycles. The highest BCUT2D eigenvalue weighted by molar-refractivity contribution is 9.10. The van der Waals surface area contributed by atoms with Crippen molar-refractivity contribution in [1.29, 1.82) is 0 Å². The van der Waals surface area contributed by atoms with Gasteiger partial charge in [-0.1, -0.05) is 11.6 Å². The Morgan fingerprint density at radius 1 is 1.33 bits per heavy atom. The largest absolute Gasteiger partial charge is 0.141 e. The van der Waals surface area contributed by atoms with Crippen LogP contribution < -0.4 is 0 Å². The summed E-state index contributed by atoms with van der Waals surface area (Å²) in [5.74, 6) is 0. The Labute approximate surface area is 88.3 Å². The Balaban J connectivity index is 2.83. The zero-order valence-corrected chi connectivity index (χ0v) is 9.55. The van der Waals surface area contributed by atoms with Gasteiger partial charge in [0, 0.05) is 14.0 Å². The van der Waals surface area contributed by atoms with Crippen LogP contribution in [0.1, 0.15) is 4.88 Å². The first kappa shape index (κ1) is 8.54. The van der Waals surface area contributed by atoms with E-state index in [1.165, 1.54) is 15.0 Å². The van der Waals surface area contributed by atoms with Crippen molar-refractivity contribution in [2.45, 2.75) is 6.92 Å². The summed E-state index contributed by atoms with van der Waals surface area (Å²) in [5, 5.41) is 2.04. The number of fused-ring (bicyclic) bond motifs is 1. The van der Waals surface area contributed by atoms with Crippen LogP contribution >= 0.6 is 38.9 Å². The standard InChI is InChI=1S/C9H6BrClS/c1-5-2-6-3-7(10)8(11)4-9(6)12-5/h2-4H,1H3. The van der Waals surface area contributed by atoms with E-state index in [2.05, 4.69) is 35.0 Å². The van der Waals surface area contributed by atoms with Crippen molar-refractivity contribution >= 4 is 49.0 Å². The van der Waals surface area contributed by atoms with Gasteiger partial charge in [-0.25, -0.2) is 0 Å². The molecule has 2 aromatic rings. The first-order valence-electron chi connectivity index (χ1n) is 3.52. The van der Waals surface area contributed by atoms with Crippen LogP contribution in [0.2, 0.25) is 5.02 Å². The molecule has 3 heteroatoms. The first-order valence-corrected chi connectivity index (χ1v) is 5.51. The molecule has 0 aliphatic rings. The molecule has 0 aliphatic carbocycles. The van der Waals surface area contributed by atoms with Crippen molar-refractivity contribution in [3.8, 4) is 0 Å². The summed E-state index contributed by atoms with van der Waals surface area (Å²) in [7, 11) is 0. The number of rotatable bonds is 0. The summed E-state index contributed by atoms with van der Waals surface area (Å²) in [6, 6.07) is 6.22. The highest BCUT2D eigenvalue weighted by atomic mass is 79.9. The van der Waals surface area contributed by atoms with Crippen LogP contribution in [-0.4, -0.2) is 0 Å². The molecule has 0 N–H and O–H groups in total. The maximum Gasteiger partial charge on any atom is 0.0562 e. The third kappa shape index (κ3) is 1.39. The Bertz CT molecular complexity index is 394. The Morgan fingerprint density at radius 3 is 2.83 bits per heavy atom. The Morgan fingerprint density at radius 2 is 2.08 bits per heavy atom. The molecule has 0 saturated heterocycles. The summed E-state index contributed by atoms with van der Waals surface area (Å²) in [6.07, 6.45) is 0. The third-order valence-corrected chi connectivity index (χ3v) is 3.89. The highest BCUT2D eigenvalue weighted by Gasteiger charge is 2.02. The molecule has 0 spiro atoms. The molecular weight excluding hydrogens is 256 g/mol. The van der Waals surface area contributed by atoms with E-state index in [4.69, 9.17) is 11.6 Å².